The number of methoxy groups -OCH3 is 1. The number of ether oxygens (including phenoxy) is 1. The van der Waals surface area contributed by atoms with E-state index in [1.54, 1.807) is 18.2 Å². The Morgan fingerprint density at radius 1 is 1.19 bits per heavy atom. The van der Waals surface area contributed by atoms with Crippen molar-refractivity contribution in [2.24, 2.45) is 0 Å². The van der Waals surface area contributed by atoms with Crippen molar-refractivity contribution in [3.8, 4) is 5.75 Å². The lowest BCUT2D eigenvalue weighted by Crippen LogP contribution is -2.12. The fourth-order valence-electron chi connectivity index (χ4n) is 2.25. The van der Waals surface area contributed by atoms with Crippen LogP contribution in [-0.2, 0) is 0 Å². The number of nitrogens with one attached hydrogen (secondary N) is 1. The van der Waals surface area contributed by atoms with E-state index in [9.17, 15) is 25.0 Å². The zero-order valence-corrected chi connectivity index (χ0v) is 15.0. The summed E-state index contributed by atoms with van der Waals surface area (Å²) < 4.78 is 5.86. The van der Waals surface area contributed by atoms with Crippen molar-refractivity contribution in [2.45, 2.75) is 0 Å². The van der Waals surface area contributed by atoms with E-state index in [2.05, 4.69) is 10.3 Å². The maximum Gasteiger partial charge on any atom is 0.295 e. The third-order valence-electron chi connectivity index (χ3n) is 3.51. The first-order valence-corrected chi connectivity index (χ1v) is 8.38. The van der Waals surface area contributed by atoms with Gasteiger partial charge >= 0.3 is 0 Å². The van der Waals surface area contributed by atoms with Crippen molar-refractivity contribution in [2.75, 3.05) is 12.4 Å². The van der Waals surface area contributed by atoms with Gasteiger partial charge in [0.05, 0.1) is 32.7 Å². The number of rotatable bonds is 5. The predicted octanol–water partition coefficient (Wildman–Crippen LogP) is 4.03. The van der Waals surface area contributed by atoms with E-state index >= 15 is 0 Å². The molecule has 0 saturated heterocycles. The summed E-state index contributed by atoms with van der Waals surface area (Å²) in [5, 5.41) is 24.2. The number of nitro groups is 2. The molecular formula is C15H9ClN4O6S. The average molecular weight is 409 g/mol. The van der Waals surface area contributed by atoms with Crippen LogP contribution in [0.1, 0.15) is 10.4 Å². The van der Waals surface area contributed by atoms with Crippen LogP contribution in [0.5, 0.6) is 5.75 Å². The van der Waals surface area contributed by atoms with Crippen molar-refractivity contribution in [1.29, 1.82) is 0 Å². The molecule has 10 nitrogen and oxygen atoms in total. The predicted molar refractivity (Wildman–Crippen MR) is 98.9 cm³/mol. The second-order valence-corrected chi connectivity index (χ2v) is 6.56. The molecule has 0 fully saturated rings. The molecule has 0 saturated carbocycles. The zero-order chi connectivity index (χ0) is 19.7. The highest BCUT2D eigenvalue weighted by atomic mass is 35.5. The molecule has 1 heterocycles. The van der Waals surface area contributed by atoms with Crippen molar-refractivity contribution >= 4 is 55.6 Å². The van der Waals surface area contributed by atoms with Gasteiger partial charge in [-0.25, -0.2) is 4.98 Å². The van der Waals surface area contributed by atoms with E-state index < -0.39 is 32.2 Å². The maximum absolute atomic E-state index is 12.4. The standard InChI is InChI=1S/C15H9ClN4O6S/c1-26-8-2-3-9-12(6-8)27-15(17-9)18-14(21)7-4-10(19(22)23)13(16)11(5-7)20(24)25/h2-6H,1H3,(H,17,18,21). The van der Waals surface area contributed by atoms with Gasteiger partial charge in [-0.15, -0.1) is 0 Å². The molecule has 3 rings (SSSR count). The maximum atomic E-state index is 12.4. The minimum absolute atomic E-state index is 0.225. The summed E-state index contributed by atoms with van der Waals surface area (Å²) in [6, 6.07) is 6.90. The second kappa shape index (κ2) is 7.13. The van der Waals surface area contributed by atoms with E-state index in [1.165, 1.54) is 7.11 Å². The third-order valence-corrected chi connectivity index (χ3v) is 4.83. The van der Waals surface area contributed by atoms with Crippen molar-refractivity contribution in [1.82, 2.24) is 4.98 Å². The lowest BCUT2D eigenvalue weighted by atomic mass is 10.1. The molecule has 0 aliphatic rings. The van der Waals surface area contributed by atoms with Gasteiger partial charge in [0.1, 0.15) is 5.75 Å². The SMILES string of the molecule is COc1ccc2nc(NC(=O)c3cc([N+](=O)[O-])c(Cl)c([N+](=O)[O-])c3)sc2c1. The van der Waals surface area contributed by atoms with Crippen LogP contribution in [0.15, 0.2) is 30.3 Å². The highest BCUT2D eigenvalue weighted by Crippen LogP contribution is 2.35. The molecule has 1 N–H and O–H groups in total. The second-order valence-electron chi connectivity index (χ2n) is 5.15. The Morgan fingerprint density at radius 3 is 2.37 bits per heavy atom. The summed E-state index contributed by atoms with van der Waals surface area (Å²) in [5.41, 5.74) is -1.13. The molecule has 2 aromatic carbocycles. The molecule has 0 aliphatic heterocycles. The van der Waals surface area contributed by atoms with Crippen molar-refractivity contribution in [3.05, 3.63) is 61.1 Å². The number of hydrogen-bond donors (Lipinski definition) is 1. The molecule has 27 heavy (non-hydrogen) atoms. The molecule has 0 atom stereocenters. The molecule has 12 heteroatoms. The number of nitrogens with zero attached hydrogens (tertiary/aromatic N) is 3. The largest absolute Gasteiger partial charge is 0.497 e. The summed E-state index contributed by atoms with van der Waals surface area (Å²) >= 11 is 6.84. The van der Waals surface area contributed by atoms with Gasteiger partial charge in [0.2, 0.25) is 0 Å². The van der Waals surface area contributed by atoms with Gasteiger partial charge in [-0.2, -0.15) is 0 Å². The van der Waals surface area contributed by atoms with Crippen LogP contribution in [0.25, 0.3) is 10.2 Å². The fourth-order valence-corrected chi connectivity index (χ4v) is 3.38. The van der Waals surface area contributed by atoms with Gasteiger partial charge in [0, 0.05) is 12.1 Å². The van der Waals surface area contributed by atoms with Gasteiger partial charge in [0.25, 0.3) is 17.3 Å². The molecule has 138 valence electrons. The minimum atomic E-state index is -0.893. The Kier molecular flexibility index (Phi) is 4.88. The monoisotopic (exact) mass is 408 g/mol. The zero-order valence-electron chi connectivity index (χ0n) is 13.5. The highest BCUT2D eigenvalue weighted by molar-refractivity contribution is 7.22. The number of hydrogen-bond acceptors (Lipinski definition) is 8. The number of thiazole rings is 1. The Hall–Kier alpha value is -3.31. The van der Waals surface area contributed by atoms with Gasteiger partial charge in [-0.1, -0.05) is 22.9 Å². The van der Waals surface area contributed by atoms with Crippen LogP contribution in [0.2, 0.25) is 5.02 Å². The molecule has 3 aromatic rings. The Balaban J connectivity index is 1.96. The van der Waals surface area contributed by atoms with Gasteiger partial charge < -0.3 is 4.74 Å². The number of halogens is 1. The summed E-state index contributed by atoms with van der Waals surface area (Å²) in [6.45, 7) is 0. The first-order chi connectivity index (χ1) is 12.8. The summed E-state index contributed by atoms with van der Waals surface area (Å²) in [4.78, 5) is 37.0. The number of anilines is 1. The number of carbonyl (C=O) groups excluding carboxylic acids is 1. The lowest BCUT2D eigenvalue weighted by Gasteiger charge is -2.03. The van der Waals surface area contributed by atoms with E-state index in [0.717, 1.165) is 28.2 Å². The Labute approximate surface area is 159 Å². The minimum Gasteiger partial charge on any atom is -0.497 e. The van der Waals surface area contributed by atoms with Crippen molar-refractivity contribution in [3.63, 3.8) is 0 Å². The Bertz CT molecular complexity index is 1060. The first kappa shape index (κ1) is 18.5. The molecule has 1 aromatic heterocycles. The van der Waals surface area contributed by atoms with Crippen LogP contribution in [0, 0.1) is 20.2 Å². The van der Waals surface area contributed by atoms with E-state index in [0.29, 0.717) is 11.3 Å². The Morgan fingerprint density at radius 2 is 1.81 bits per heavy atom. The van der Waals surface area contributed by atoms with Gasteiger partial charge in [0.15, 0.2) is 10.2 Å². The number of benzene rings is 2. The normalized spacial score (nSPS) is 10.6. The third kappa shape index (κ3) is 3.64. The molecule has 0 aliphatic carbocycles. The number of fused-ring (bicyclic) bond motifs is 1. The molecule has 1 amide bonds. The molecule has 0 spiro atoms. The summed E-state index contributed by atoms with van der Waals surface area (Å²) in [7, 11) is 1.52. The van der Waals surface area contributed by atoms with Crippen LogP contribution in [-0.4, -0.2) is 27.8 Å². The van der Waals surface area contributed by atoms with Gasteiger partial charge in [-0.05, 0) is 18.2 Å². The van der Waals surface area contributed by atoms with Crippen molar-refractivity contribution < 1.29 is 19.4 Å². The molecule has 0 radical (unpaired) electrons. The lowest BCUT2D eigenvalue weighted by molar-refractivity contribution is -0.393. The van der Waals surface area contributed by atoms with E-state index in [-0.39, 0.29) is 10.7 Å². The number of amides is 1. The van der Waals surface area contributed by atoms with Gasteiger partial charge in [-0.3, -0.25) is 30.3 Å². The van der Waals surface area contributed by atoms with Crippen LogP contribution >= 0.6 is 22.9 Å². The van der Waals surface area contributed by atoms with Crippen LogP contribution < -0.4 is 10.1 Å². The van der Waals surface area contributed by atoms with Crippen LogP contribution in [0.3, 0.4) is 0 Å². The average Bonchev–Trinajstić information content (AvgIpc) is 3.02. The number of nitro benzene ring substituents is 2. The smallest absolute Gasteiger partial charge is 0.295 e. The number of aromatic nitrogens is 1. The number of carbonyl (C=O) groups is 1. The molecular weight excluding hydrogens is 400 g/mol. The highest BCUT2D eigenvalue weighted by Gasteiger charge is 2.27. The topological polar surface area (TPSA) is 138 Å². The summed E-state index contributed by atoms with van der Waals surface area (Å²) in [6.07, 6.45) is 0. The first-order valence-electron chi connectivity index (χ1n) is 7.18. The molecule has 0 unspecified atom stereocenters. The quantitative estimate of drug-likeness (QED) is 0.496. The van der Waals surface area contributed by atoms with E-state index in [4.69, 9.17) is 16.3 Å². The van der Waals surface area contributed by atoms with Crippen LogP contribution in [0.4, 0.5) is 16.5 Å². The fraction of sp³-hybridized carbons (Fsp3) is 0.0667. The van der Waals surface area contributed by atoms with E-state index in [1.807, 2.05) is 0 Å². The molecule has 0 bridgehead atoms. The summed E-state index contributed by atoms with van der Waals surface area (Å²) in [5.74, 6) is -0.170.